The average molecular weight is 216 g/mol. The SMILES string of the molecule is CCCN1CCc2nc(N)c(C#N)cc2C1. The van der Waals surface area contributed by atoms with Crippen molar-refractivity contribution in [2.45, 2.75) is 26.3 Å². The van der Waals surface area contributed by atoms with Gasteiger partial charge in [0.2, 0.25) is 0 Å². The van der Waals surface area contributed by atoms with Crippen molar-refractivity contribution in [1.29, 1.82) is 5.26 Å². The van der Waals surface area contributed by atoms with Gasteiger partial charge >= 0.3 is 0 Å². The Morgan fingerprint density at radius 1 is 1.62 bits per heavy atom. The zero-order valence-electron chi connectivity index (χ0n) is 9.53. The summed E-state index contributed by atoms with van der Waals surface area (Å²) in [5, 5.41) is 8.91. The second-order valence-corrected chi connectivity index (χ2v) is 4.16. The second kappa shape index (κ2) is 4.50. The van der Waals surface area contributed by atoms with Crippen LogP contribution < -0.4 is 5.73 Å². The predicted octanol–water partition coefficient (Wildman–Crippen LogP) is 1.30. The topological polar surface area (TPSA) is 65.9 Å². The van der Waals surface area contributed by atoms with Crippen LogP contribution in [0.25, 0.3) is 0 Å². The summed E-state index contributed by atoms with van der Waals surface area (Å²) >= 11 is 0. The van der Waals surface area contributed by atoms with Crippen LogP contribution in [0.4, 0.5) is 5.82 Å². The molecule has 0 radical (unpaired) electrons. The van der Waals surface area contributed by atoms with Crippen molar-refractivity contribution >= 4 is 5.82 Å². The molecule has 84 valence electrons. The molecule has 0 spiro atoms. The first-order chi connectivity index (χ1) is 7.74. The number of nitrogens with two attached hydrogens (primary N) is 1. The number of aromatic nitrogens is 1. The molecule has 0 saturated heterocycles. The molecule has 0 atom stereocenters. The van der Waals surface area contributed by atoms with Crippen molar-refractivity contribution in [2.24, 2.45) is 0 Å². The van der Waals surface area contributed by atoms with Crippen LogP contribution in [-0.4, -0.2) is 23.0 Å². The molecular weight excluding hydrogens is 200 g/mol. The number of nitrogens with zero attached hydrogens (tertiary/aromatic N) is 3. The molecular formula is C12H16N4. The summed E-state index contributed by atoms with van der Waals surface area (Å²) in [6.45, 7) is 5.22. The van der Waals surface area contributed by atoms with E-state index >= 15 is 0 Å². The molecule has 0 aliphatic carbocycles. The molecule has 2 heterocycles. The Kier molecular flexibility index (Phi) is 3.07. The molecule has 0 aromatic carbocycles. The Labute approximate surface area is 95.7 Å². The van der Waals surface area contributed by atoms with Gasteiger partial charge in [0.1, 0.15) is 11.9 Å². The lowest BCUT2D eigenvalue weighted by Crippen LogP contribution is -2.32. The molecule has 2 rings (SSSR count). The van der Waals surface area contributed by atoms with Gasteiger partial charge in [0.25, 0.3) is 0 Å². The Hall–Kier alpha value is -1.60. The molecule has 16 heavy (non-hydrogen) atoms. The lowest BCUT2D eigenvalue weighted by Gasteiger charge is -2.27. The predicted molar refractivity (Wildman–Crippen MR) is 62.6 cm³/mol. The van der Waals surface area contributed by atoms with Gasteiger partial charge in [-0.05, 0) is 24.6 Å². The lowest BCUT2D eigenvalue weighted by molar-refractivity contribution is 0.252. The lowest BCUT2D eigenvalue weighted by atomic mass is 10.0. The fourth-order valence-corrected chi connectivity index (χ4v) is 2.14. The van der Waals surface area contributed by atoms with Crippen LogP contribution in [0.15, 0.2) is 6.07 Å². The minimum atomic E-state index is 0.366. The third-order valence-corrected chi connectivity index (χ3v) is 2.94. The van der Waals surface area contributed by atoms with Crippen LogP contribution in [-0.2, 0) is 13.0 Å². The smallest absolute Gasteiger partial charge is 0.141 e. The summed E-state index contributed by atoms with van der Waals surface area (Å²) in [7, 11) is 0. The molecule has 0 amide bonds. The van der Waals surface area contributed by atoms with Gasteiger partial charge in [-0.25, -0.2) is 4.98 Å². The number of rotatable bonds is 2. The molecule has 4 heteroatoms. The first kappa shape index (κ1) is 10.9. The Morgan fingerprint density at radius 2 is 2.44 bits per heavy atom. The van der Waals surface area contributed by atoms with E-state index in [2.05, 4.69) is 22.9 Å². The number of hydrogen-bond donors (Lipinski definition) is 1. The van der Waals surface area contributed by atoms with Crippen LogP contribution in [0.1, 0.15) is 30.2 Å². The number of anilines is 1. The van der Waals surface area contributed by atoms with E-state index in [0.717, 1.165) is 43.7 Å². The summed E-state index contributed by atoms with van der Waals surface area (Å²) in [5.74, 6) is 0.366. The summed E-state index contributed by atoms with van der Waals surface area (Å²) in [4.78, 5) is 6.70. The van der Waals surface area contributed by atoms with Gasteiger partial charge in [0.05, 0.1) is 5.56 Å². The van der Waals surface area contributed by atoms with Gasteiger partial charge < -0.3 is 5.73 Å². The zero-order chi connectivity index (χ0) is 11.5. The van der Waals surface area contributed by atoms with Crippen LogP contribution in [0, 0.1) is 11.3 Å². The highest BCUT2D eigenvalue weighted by molar-refractivity contribution is 5.51. The highest BCUT2D eigenvalue weighted by atomic mass is 15.1. The van der Waals surface area contributed by atoms with Gasteiger partial charge in [-0.2, -0.15) is 5.26 Å². The molecule has 0 saturated carbocycles. The summed E-state index contributed by atoms with van der Waals surface area (Å²) in [5.41, 5.74) is 8.42. The van der Waals surface area contributed by atoms with Crippen molar-refractivity contribution in [3.63, 3.8) is 0 Å². The van der Waals surface area contributed by atoms with E-state index in [1.807, 2.05) is 6.07 Å². The van der Waals surface area contributed by atoms with E-state index in [0.29, 0.717) is 11.4 Å². The third kappa shape index (κ3) is 2.00. The van der Waals surface area contributed by atoms with E-state index in [1.54, 1.807) is 0 Å². The molecule has 1 aliphatic rings. The first-order valence-corrected chi connectivity index (χ1v) is 5.65. The first-order valence-electron chi connectivity index (χ1n) is 5.65. The van der Waals surface area contributed by atoms with Crippen LogP contribution in [0.3, 0.4) is 0 Å². The van der Waals surface area contributed by atoms with E-state index in [9.17, 15) is 0 Å². The molecule has 1 aliphatic heterocycles. The standard InChI is InChI=1S/C12H16N4/c1-2-4-16-5-3-11-10(8-16)6-9(7-13)12(14)15-11/h6H,2-5,8H2,1H3,(H2,14,15). The van der Waals surface area contributed by atoms with Crippen molar-refractivity contribution in [2.75, 3.05) is 18.8 Å². The largest absolute Gasteiger partial charge is 0.383 e. The molecule has 1 aromatic rings. The van der Waals surface area contributed by atoms with Crippen LogP contribution >= 0.6 is 0 Å². The highest BCUT2D eigenvalue weighted by Crippen LogP contribution is 2.21. The Bertz CT molecular complexity index is 433. The Balaban J connectivity index is 2.28. The Morgan fingerprint density at radius 3 is 3.12 bits per heavy atom. The average Bonchev–Trinajstić information content (AvgIpc) is 2.29. The minimum absolute atomic E-state index is 0.366. The van der Waals surface area contributed by atoms with Gasteiger partial charge in [0, 0.05) is 25.2 Å². The van der Waals surface area contributed by atoms with Gasteiger partial charge in [-0.3, -0.25) is 4.90 Å². The van der Waals surface area contributed by atoms with Crippen molar-refractivity contribution < 1.29 is 0 Å². The summed E-state index contributed by atoms with van der Waals surface area (Å²) < 4.78 is 0. The molecule has 1 aromatic heterocycles. The normalized spacial score (nSPS) is 15.5. The molecule has 4 nitrogen and oxygen atoms in total. The molecule has 0 unspecified atom stereocenters. The van der Waals surface area contributed by atoms with Crippen LogP contribution in [0.2, 0.25) is 0 Å². The maximum atomic E-state index is 8.91. The van der Waals surface area contributed by atoms with E-state index in [1.165, 1.54) is 0 Å². The van der Waals surface area contributed by atoms with Gasteiger partial charge in [0.15, 0.2) is 0 Å². The van der Waals surface area contributed by atoms with Crippen molar-refractivity contribution in [3.05, 3.63) is 22.9 Å². The van der Waals surface area contributed by atoms with Crippen LogP contribution in [0.5, 0.6) is 0 Å². The summed E-state index contributed by atoms with van der Waals surface area (Å²) in [6, 6.07) is 3.97. The summed E-state index contributed by atoms with van der Waals surface area (Å²) in [6.07, 6.45) is 2.09. The maximum absolute atomic E-state index is 8.91. The quantitative estimate of drug-likeness (QED) is 0.809. The molecule has 0 fully saturated rings. The second-order valence-electron chi connectivity index (χ2n) is 4.16. The minimum Gasteiger partial charge on any atom is -0.383 e. The number of pyridine rings is 1. The van der Waals surface area contributed by atoms with E-state index in [4.69, 9.17) is 11.0 Å². The van der Waals surface area contributed by atoms with Gasteiger partial charge in [-0.1, -0.05) is 6.92 Å². The fourth-order valence-electron chi connectivity index (χ4n) is 2.14. The molecule has 2 N–H and O–H groups in total. The third-order valence-electron chi connectivity index (χ3n) is 2.94. The number of nitriles is 1. The maximum Gasteiger partial charge on any atom is 0.141 e. The number of fused-ring (bicyclic) bond motifs is 1. The molecule has 0 bridgehead atoms. The number of hydrogen-bond acceptors (Lipinski definition) is 4. The highest BCUT2D eigenvalue weighted by Gasteiger charge is 2.18. The van der Waals surface area contributed by atoms with Crippen molar-refractivity contribution in [3.8, 4) is 6.07 Å². The van der Waals surface area contributed by atoms with E-state index < -0.39 is 0 Å². The monoisotopic (exact) mass is 216 g/mol. The van der Waals surface area contributed by atoms with E-state index in [-0.39, 0.29) is 0 Å². The fraction of sp³-hybridized carbons (Fsp3) is 0.500. The van der Waals surface area contributed by atoms with Crippen molar-refractivity contribution in [1.82, 2.24) is 9.88 Å². The van der Waals surface area contributed by atoms with Gasteiger partial charge in [-0.15, -0.1) is 0 Å². The zero-order valence-corrected chi connectivity index (χ0v) is 9.53. The number of nitrogen functional groups attached to an aromatic ring is 1.